The molecule has 0 aliphatic heterocycles. The van der Waals surface area contributed by atoms with Crippen molar-refractivity contribution in [1.29, 1.82) is 0 Å². The number of benzene rings is 1. The molecule has 1 amide bonds. The average molecular weight is 428 g/mol. The van der Waals surface area contributed by atoms with Crippen molar-refractivity contribution in [2.24, 2.45) is 0 Å². The number of carbonyl (C=O) groups excluding carboxylic acids is 1. The van der Waals surface area contributed by atoms with Gasteiger partial charge in [-0.1, -0.05) is 28.1 Å². The molecule has 8 heteroatoms. The summed E-state index contributed by atoms with van der Waals surface area (Å²) in [6.45, 7) is 1.80. The van der Waals surface area contributed by atoms with E-state index in [1.54, 1.807) is 13.0 Å². The van der Waals surface area contributed by atoms with E-state index in [9.17, 15) is 9.59 Å². The predicted molar refractivity (Wildman–Crippen MR) is 102 cm³/mol. The third kappa shape index (κ3) is 3.31. The SMILES string of the molecule is Cc1oc2nc[nH]c(=O)c2c1C(=O)NCc1ccc(-c2ccc(Br)cc2)o1. The van der Waals surface area contributed by atoms with Crippen molar-refractivity contribution in [2.75, 3.05) is 0 Å². The van der Waals surface area contributed by atoms with Crippen LogP contribution in [0.3, 0.4) is 0 Å². The average Bonchev–Trinajstić information content (AvgIpc) is 3.25. The topological polar surface area (TPSA) is 101 Å². The van der Waals surface area contributed by atoms with E-state index in [-0.39, 0.29) is 23.2 Å². The normalized spacial score (nSPS) is 11.0. The summed E-state index contributed by atoms with van der Waals surface area (Å²) in [6, 6.07) is 11.4. The minimum absolute atomic E-state index is 0.136. The molecule has 0 aliphatic rings. The highest BCUT2D eigenvalue weighted by molar-refractivity contribution is 9.10. The number of halogens is 1. The standard InChI is InChI=1S/C19H14BrN3O4/c1-10-15(16-18(25)22-9-23-19(16)26-10)17(24)21-8-13-6-7-14(27-13)11-2-4-12(20)5-3-11/h2-7,9H,8H2,1H3,(H,21,24)(H,22,23,25). The number of furan rings is 2. The van der Waals surface area contributed by atoms with E-state index in [2.05, 4.69) is 31.2 Å². The number of aryl methyl sites for hydroxylation is 1. The Morgan fingerprint density at radius 1 is 1.19 bits per heavy atom. The van der Waals surface area contributed by atoms with Gasteiger partial charge >= 0.3 is 0 Å². The van der Waals surface area contributed by atoms with E-state index in [1.807, 2.05) is 30.3 Å². The zero-order valence-corrected chi connectivity index (χ0v) is 15.8. The number of carbonyl (C=O) groups is 1. The van der Waals surface area contributed by atoms with Crippen LogP contribution in [0.5, 0.6) is 0 Å². The molecule has 0 saturated heterocycles. The predicted octanol–water partition coefficient (Wildman–Crippen LogP) is 3.78. The number of hydrogen-bond donors (Lipinski definition) is 2. The van der Waals surface area contributed by atoms with Gasteiger partial charge in [0.1, 0.15) is 22.7 Å². The molecular formula is C19H14BrN3O4. The van der Waals surface area contributed by atoms with E-state index in [0.29, 0.717) is 17.3 Å². The molecule has 4 aromatic rings. The van der Waals surface area contributed by atoms with Crippen LogP contribution in [0, 0.1) is 6.92 Å². The number of hydrogen-bond acceptors (Lipinski definition) is 5. The molecule has 4 rings (SSSR count). The fourth-order valence-electron chi connectivity index (χ4n) is 2.82. The van der Waals surface area contributed by atoms with Gasteiger partial charge in [0.2, 0.25) is 5.71 Å². The molecule has 3 aromatic heterocycles. The molecule has 0 fully saturated rings. The summed E-state index contributed by atoms with van der Waals surface area (Å²) in [5.74, 6) is 1.21. The Morgan fingerprint density at radius 2 is 1.96 bits per heavy atom. The Bertz CT molecular complexity index is 1190. The van der Waals surface area contributed by atoms with E-state index in [4.69, 9.17) is 8.83 Å². The molecule has 0 aliphatic carbocycles. The monoisotopic (exact) mass is 427 g/mol. The number of H-pyrrole nitrogens is 1. The summed E-state index contributed by atoms with van der Waals surface area (Å²) >= 11 is 3.40. The van der Waals surface area contributed by atoms with Crippen molar-refractivity contribution in [3.63, 3.8) is 0 Å². The Kier molecular flexibility index (Phi) is 4.41. The summed E-state index contributed by atoms with van der Waals surface area (Å²) in [4.78, 5) is 31.0. The number of rotatable bonds is 4. The number of amides is 1. The van der Waals surface area contributed by atoms with Gasteiger partial charge < -0.3 is 19.1 Å². The van der Waals surface area contributed by atoms with Crippen LogP contribution in [0.25, 0.3) is 22.4 Å². The second-order valence-corrected chi connectivity index (χ2v) is 6.82. The number of nitrogens with zero attached hydrogens (tertiary/aromatic N) is 1. The molecule has 0 atom stereocenters. The molecule has 3 heterocycles. The molecule has 1 aromatic carbocycles. The van der Waals surface area contributed by atoms with E-state index >= 15 is 0 Å². The first kappa shape index (κ1) is 17.3. The molecule has 2 N–H and O–H groups in total. The first-order chi connectivity index (χ1) is 13.0. The van der Waals surface area contributed by atoms with Crippen molar-refractivity contribution < 1.29 is 13.6 Å². The second kappa shape index (κ2) is 6.88. The fourth-order valence-corrected chi connectivity index (χ4v) is 3.09. The summed E-state index contributed by atoms with van der Waals surface area (Å²) in [7, 11) is 0. The number of fused-ring (bicyclic) bond motifs is 1. The maximum absolute atomic E-state index is 12.6. The maximum atomic E-state index is 12.6. The molecule has 136 valence electrons. The Hall–Kier alpha value is -3.13. The summed E-state index contributed by atoms with van der Waals surface area (Å²) in [6.07, 6.45) is 1.24. The Labute approximate surface area is 161 Å². The Balaban J connectivity index is 1.53. The molecule has 27 heavy (non-hydrogen) atoms. The zero-order chi connectivity index (χ0) is 19.0. The van der Waals surface area contributed by atoms with Crippen LogP contribution >= 0.6 is 15.9 Å². The van der Waals surface area contributed by atoms with Crippen molar-refractivity contribution in [1.82, 2.24) is 15.3 Å². The van der Waals surface area contributed by atoms with Crippen molar-refractivity contribution >= 4 is 32.9 Å². The van der Waals surface area contributed by atoms with E-state index < -0.39 is 11.5 Å². The largest absolute Gasteiger partial charge is 0.459 e. The minimum Gasteiger partial charge on any atom is -0.459 e. The van der Waals surface area contributed by atoms with Crippen LogP contribution in [0.4, 0.5) is 0 Å². The van der Waals surface area contributed by atoms with Crippen LogP contribution in [0.15, 0.2) is 60.8 Å². The maximum Gasteiger partial charge on any atom is 0.262 e. The number of aromatic amines is 1. The lowest BCUT2D eigenvalue weighted by atomic mass is 10.2. The smallest absolute Gasteiger partial charge is 0.262 e. The molecule has 0 bridgehead atoms. The minimum atomic E-state index is -0.425. The highest BCUT2D eigenvalue weighted by atomic mass is 79.9. The van der Waals surface area contributed by atoms with Gasteiger partial charge in [0.05, 0.1) is 18.4 Å². The van der Waals surface area contributed by atoms with Crippen LogP contribution in [0.2, 0.25) is 0 Å². The van der Waals surface area contributed by atoms with E-state index in [0.717, 1.165) is 10.0 Å². The highest BCUT2D eigenvalue weighted by Crippen LogP contribution is 2.24. The Morgan fingerprint density at radius 3 is 2.74 bits per heavy atom. The van der Waals surface area contributed by atoms with E-state index in [1.165, 1.54) is 6.33 Å². The lowest BCUT2D eigenvalue weighted by Gasteiger charge is -2.03. The molecule has 0 radical (unpaired) electrons. The van der Waals surface area contributed by atoms with Gasteiger partial charge in [-0.25, -0.2) is 4.98 Å². The van der Waals surface area contributed by atoms with Gasteiger partial charge in [0.15, 0.2) is 0 Å². The molecule has 7 nitrogen and oxygen atoms in total. The van der Waals surface area contributed by atoms with Gasteiger partial charge in [0.25, 0.3) is 11.5 Å². The first-order valence-electron chi connectivity index (χ1n) is 8.12. The fraction of sp³-hybridized carbons (Fsp3) is 0.105. The summed E-state index contributed by atoms with van der Waals surface area (Å²) in [5.41, 5.74) is 0.832. The van der Waals surface area contributed by atoms with Crippen LogP contribution < -0.4 is 10.9 Å². The van der Waals surface area contributed by atoms with Crippen molar-refractivity contribution in [2.45, 2.75) is 13.5 Å². The second-order valence-electron chi connectivity index (χ2n) is 5.90. The quantitative estimate of drug-likeness (QED) is 0.515. The van der Waals surface area contributed by atoms with Crippen molar-refractivity contribution in [3.8, 4) is 11.3 Å². The van der Waals surface area contributed by atoms with Gasteiger partial charge in [0, 0.05) is 10.0 Å². The molecule has 0 saturated carbocycles. The first-order valence-corrected chi connectivity index (χ1v) is 8.92. The van der Waals surface area contributed by atoms with Crippen LogP contribution in [-0.2, 0) is 6.54 Å². The lowest BCUT2D eigenvalue weighted by Crippen LogP contribution is -2.24. The highest BCUT2D eigenvalue weighted by Gasteiger charge is 2.21. The van der Waals surface area contributed by atoms with Crippen molar-refractivity contribution in [3.05, 3.63) is 74.6 Å². The molecule has 0 unspecified atom stereocenters. The number of aromatic nitrogens is 2. The van der Waals surface area contributed by atoms with Gasteiger partial charge in [-0.15, -0.1) is 0 Å². The third-order valence-corrected chi connectivity index (χ3v) is 4.64. The molecular weight excluding hydrogens is 414 g/mol. The molecule has 0 spiro atoms. The van der Waals surface area contributed by atoms with Gasteiger partial charge in [-0.05, 0) is 31.2 Å². The number of nitrogens with one attached hydrogen (secondary N) is 2. The lowest BCUT2D eigenvalue weighted by molar-refractivity contribution is 0.0948. The third-order valence-electron chi connectivity index (χ3n) is 4.11. The van der Waals surface area contributed by atoms with Crippen LogP contribution in [0.1, 0.15) is 21.9 Å². The summed E-state index contributed by atoms with van der Waals surface area (Å²) < 4.78 is 12.2. The van der Waals surface area contributed by atoms with Gasteiger partial charge in [-0.2, -0.15) is 0 Å². The zero-order valence-electron chi connectivity index (χ0n) is 14.2. The summed E-state index contributed by atoms with van der Waals surface area (Å²) in [5, 5.41) is 2.90. The van der Waals surface area contributed by atoms with Gasteiger partial charge in [-0.3, -0.25) is 9.59 Å². The van der Waals surface area contributed by atoms with Crippen LogP contribution in [-0.4, -0.2) is 15.9 Å².